The predicted molar refractivity (Wildman–Crippen MR) is 121 cm³/mol. The van der Waals surface area contributed by atoms with Crippen molar-refractivity contribution in [1.29, 1.82) is 0 Å². The highest BCUT2D eigenvalue weighted by molar-refractivity contribution is 5.75. The van der Waals surface area contributed by atoms with Crippen molar-refractivity contribution >= 4 is 0 Å². The minimum absolute atomic E-state index is 1.14. The fourth-order valence-corrected chi connectivity index (χ4v) is 4.22. The normalized spacial score (nSPS) is 11.1. The molecule has 1 heterocycles. The molecule has 1 nitrogen and oxygen atoms in total. The van der Waals surface area contributed by atoms with E-state index in [4.69, 9.17) is 0 Å². The second-order valence-corrected chi connectivity index (χ2v) is 8.36. The molecule has 2 aromatic carbocycles. The predicted octanol–water partition coefficient (Wildman–Crippen LogP) is 6.73. The molecular formula is C27H34N+. The monoisotopic (exact) mass is 372 g/mol. The third-order valence-electron chi connectivity index (χ3n) is 5.93. The molecule has 146 valence electrons. The van der Waals surface area contributed by atoms with E-state index in [9.17, 15) is 0 Å². The van der Waals surface area contributed by atoms with E-state index >= 15 is 0 Å². The summed E-state index contributed by atoms with van der Waals surface area (Å²) < 4.78 is 2.42. The second kappa shape index (κ2) is 8.31. The molecule has 0 saturated carbocycles. The molecule has 1 heteroatoms. The van der Waals surface area contributed by atoms with Crippen LogP contribution in [0.2, 0.25) is 0 Å². The van der Waals surface area contributed by atoms with Gasteiger partial charge >= 0.3 is 0 Å². The van der Waals surface area contributed by atoms with E-state index in [2.05, 4.69) is 95.6 Å². The zero-order valence-corrected chi connectivity index (χ0v) is 18.6. The molecule has 0 aliphatic carbocycles. The summed E-state index contributed by atoms with van der Waals surface area (Å²) in [6, 6.07) is 16.1. The molecule has 0 amide bonds. The van der Waals surface area contributed by atoms with Gasteiger partial charge in [-0.25, -0.2) is 0 Å². The van der Waals surface area contributed by atoms with Gasteiger partial charge in [-0.3, -0.25) is 0 Å². The molecule has 0 unspecified atom stereocenters. The number of aromatic nitrogens is 1. The number of nitrogens with zero attached hydrogens (tertiary/aromatic N) is 1. The lowest BCUT2D eigenvalue weighted by molar-refractivity contribution is -0.668. The fourth-order valence-electron chi connectivity index (χ4n) is 4.22. The zero-order chi connectivity index (χ0) is 20.4. The van der Waals surface area contributed by atoms with Gasteiger partial charge in [-0.1, -0.05) is 54.8 Å². The zero-order valence-electron chi connectivity index (χ0n) is 18.6. The molecule has 0 spiro atoms. The number of unbranched alkanes of at least 4 members (excludes halogenated alkanes) is 1. The van der Waals surface area contributed by atoms with Gasteiger partial charge in [-0.05, 0) is 69.4 Å². The summed E-state index contributed by atoms with van der Waals surface area (Å²) in [6.07, 6.45) is 3.60. The van der Waals surface area contributed by atoms with Crippen molar-refractivity contribution in [2.24, 2.45) is 7.05 Å². The Morgan fingerprint density at radius 2 is 1.43 bits per heavy atom. The van der Waals surface area contributed by atoms with Crippen LogP contribution >= 0.6 is 0 Å². The maximum Gasteiger partial charge on any atom is 0.215 e. The first-order valence-corrected chi connectivity index (χ1v) is 10.5. The summed E-state index contributed by atoms with van der Waals surface area (Å²) in [7, 11) is 2.23. The van der Waals surface area contributed by atoms with Gasteiger partial charge in [-0.2, -0.15) is 4.57 Å². The SMILES string of the molecule is CCCCc1cc(C)c(C)c(-c2cc(-c3cc(C)cc(C)c3)ccc2C)[n+]1C. The third kappa shape index (κ3) is 4.04. The standard InChI is InChI=1S/C27H34N/c1-8-9-10-25-16-21(5)22(6)27(28(25)7)26-17-23(12-11-20(26)4)24-14-18(2)13-19(3)15-24/h11-17H,8-10H2,1-7H3/q+1. The lowest BCUT2D eigenvalue weighted by atomic mass is 9.92. The van der Waals surface area contributed by atoms with Crippen LogP contribution in [-0.4, -0.2) is 0 Å². The van der Waals surface area contributed by atoms with Gasteiger partial charge in [0.15, 0.2) is 5.69 Å². The van der Waals surface area contributed by atoms with Crippen molar-refractivity contribution in [1.82, 2.24) is 0 Å². The quantitative estimate of drug-likeness (QED) is 0.437. The molecule has 0 N–H and O–H groups in total. The fraction of sp³-hybridized carbons (Fsp3) is 0.370. The first-order chi connectivity index (χ1) is 13.3. The summed E-state index contributed by atoms with van der Waals surface area (Å²) in [5, 5.41) is 0. The minimum atomic E-state index is 1.14. The van der Waals surface area contributed by atoms with Gasteiger partial charge in [0.05, 0.1) is 0 Å². The van der Waals surface area contributed by atoms with E-state index in [-0.39, 0.29) is 0 Å². The maximum atomic E-state index is 2.42. The van der Waals surface area contributed by atoms with Crippen LogP contribution in [0.15, 0.2) is 42.5 Å². The number of aryl methyl sites for hydroxylation is 5. The van der Waals surface area contributed by atoms with Gasteiger partial charge in [0.2, 0.25) is 5.69 Å². The van der Waals surface area contributed by atoms with Crippen LogP contribution in [0, 0.1) is 34.6 Å². The van der Waals surface area contributed by atoms with Crippen LogP contribution in [0.1, 0.15) is 53.3 Å². The molecule has 0 atom stereocenters. The van der Waals surface area contributed by atoms with Crippen molar-refractivity contribution in [3.63, 3.8) is 0 Å². The number of pyridine rings is 1. The lowest BCUT2D eigenvalue weighted by Gasteiger charge is -2.14. The van der Waals surface area contributed by atoms with Crippen LogP contribution in [0.4, 0.5) is 0 Å². The Bertz CT molecular complexity index is 991. The van der Waals surface area contributed by atoms with Gasteiger partial charge < -0.3 is 0 Å². The van der Waals surface area contributed by atoms with Gasteiger partial charge in [0, 0.05) is 23.6 Å². The van der Waals surface area contributed by atoms with Gasteiger partial charge in [0.25, 0.3) is 0 Å². The van der Waals surface area contributed by atoms with E-state index < -0.39 is 0 Å². The second-order valence-electron chi connectivity index (χ2n) is 8.36. The number of hydrogen-bond acceptors (Lipinski definition) is 0. The molecule has 3 rings (SSSR count). The van der Waals surface area contributed by atoms with Crippen molar-refractivity contribution < 1.29 is 4.57 Å². The molecule has 0 aliphatic heterocycles. The first kappa shape index (κ1) is 20.3. The van der Waals surface area contributed by atoms with E-state index in [1.807, 2.05) is 0 Å². The Morgan fingerprint density at radius 3 is 2.07 bits per heavy atom. The van der Waals surface area contributed by atoms with E-state index in [1.165, 1.54) is 68.7 Å². The highest BCUT2D eigenvalue weighted by Crippen LogP contribution is 2.31. The Balaban J connectivity index is 2.20. The van der Waals surface area contributed by atoms with Crippen molar-refractivity contribution in [3.8, 4) is 22.4 Å². The van der Waals surface area contributed by atoms with Crippen molar-refractivity contribution in [3.05, 3.63) is 76.0 Å². The topological polar surface area (TPSA) is 3.88 Å². The molecule has 1 aromatic heterocycles. The molecule has 0 fully saturated rings. The van der Waals surface area contributed by atoms with Gasteiger partial charge in [-0.15, -0.1) is 0 Å². The van der Waals surface area contributed by atoms with Crippen LogP contribution in [0.3, 0.4) is 0 Å². The summed E-state index contributed by atoms with van der Waals surface area (Å²) in [5.74, 6) is 0. The van der Waals surface area contributed by atoms with Gasteiger partial charge in [0.1, 0.15) is 7.05 Å². The minimum Gasteiger partial charge on any atom is -0.198 e. The van der Waals surface area contributed by atoms with Crippen molar-refractivity contribution in [2.75, 3.05) is 0 Å². The molecule has 28 heavy (non-hydrogen) atoms. The van der Waals surface area contributed by atoms with E-state index in [1.54, 1.807) is 0 Å². The Morgan fingerprint density at radius 1 is 0.750 bits per heavy atom. The molecular weight excluding hydrogens is 338 g/mol. The molecule has 0 saturated heterocycles. The lowest BCUT2D eigenvalue weighted by Crippen LogP contribution is -2.37. The average Bonchev–Trinajstić information content (AvgIpc) is 2.64. The largest absolute Gasteiger partial charge is 0.215 e. The maximum absolute atomic E-state index is 2.42. The molecule has 0 radical (unpaired) electrons. The highest BCUT2D eigenvalue weighted by atomic mass is 14.9. The highest BCUT2D eigenvalue weighted by Gasteiger charge is 2.22. The Labute approximate surface area is 171 Å². The summed E-state index contributed by atoms with van der Waals surface area (Å²) in [5.41, 5.74) is 13.5. The molecule has 0 bridgehead atoms. The molecule has 0 aliphatic rings. The van der Waals surface area contributed by atoms with Crippen LogP contribution in [0.5, 0.6) is 0 Å². The third-order valence-corrected chi connectivity index (χ3v) is 5.93. The van der Waals surface area contributed by atoms with Crippen LogP contribution < -0.4 is 4.57 Å². The first-order valence-electron chi connectivity index (χ1n) is 10.5. The number of benzene rings is 2. The summed E-state index contributed by atoms with van der Waals surface area (Å²) in [4.78, 5) is 0. The Kier molecular flexibility index (Phi) is 6.03. The number of rotatable bonds is 5. The number of hydrogen-bond donors (Lipinski definition) is 0. The van der Waals surface area contributed by atoms with Crippen LogP contribution in [0.25, 0.3) is 22.4 Å². The van der Waals surface area contributed by atoms with Crippen LogP contribution in [-0.2, 0) is 13.5 Å². The summed E-state index contributed by atoms with van der Waals surface area (Å²) >= 11 is 0. The molecule has 3 aromatic rings. The summed E-state index contributed by atoms with van der Waals surface area (Å²) in [6.45, 7) is 13.4. The van der Waals surface area contributed by atoms with E-state index in [0.29, 0.717) is 0 Å². The smallest absolute Gasteiger partial charge is 0.198 e. The van der Waals surface area contributed by atoms with Crippen molar-refractivity contribution in [2.45, 2.75) is 60.8 Å². The average molecular weight is 373 g/mol. The van der Waals surface area contributed by atoms with E-state index in [0.717, 1.165) is 6.42 Å². The Hall–Kier alpha value is -2.41.